The van der Waals surface area contributed by atoms with Crippen LogP contribution in [0.3, 0.4) is 0 Å². The number of nitrogens with one attached hydrogen (secondary N) is 2. The molecule has 0 aliphatic heterocycles. The van der Waals surface area contributed by atoms with Crippen molar-refractivity contribution in [3.05, 3.63) is 125 Å². The predicted octanol–water partition coefficient (Wildman–Crippen LogP) is 6.94. The average molecular weight is 512 g/mol. The largest absolute Gasteiger partial charge is 0.573 e. The molecule has 0 aliphatic rings. The first-order valence-corrected chi connectivity index (χ1v) is 11.3. The molecule has 9 heteroatoms. The monoisotopic (exact) mass is 511 g/mol. The number of urea groups is 1. The minimum Gasteiger partial charge on any atom is -0.406 e. The average Bonchev–Trinajstić information content (AvgIpc) is 2.84. The highest BCUT2D eigenvalue weighted by molar-refractivity contribution is 6.30. The molecule has 0 spiro atoms. The number of carbonyl (C=O) groups excluding carboxylic acids is 1. The molecular weight excluding hydrogens is 491 g/mol. The number of anilines is 1. The molecule has 0 saturated heterocycles. The lowest BCUT2D eigenvalue weighted by molar-refractivity contribution is -0.274. The summed E-state index contributed by atoms with van der Waals surface area (Å²) < 4.78 is 43.2. The Balaban J connectivity index is 1.85. The first-order valence-electron chi connectivity index (χ1n) is 10.9. The number of halogens is 4. The van der Waals surface area contributed by atoms with Crippen LogP contribution in [0.15, 0.2) is 103 Å². The van der Waals surface area contributed by atoms with Crippen molar-refractivity contribution < 1.29 is 22.7 Å². The van der Waals surface area contributed by atoms with Gasteiger partial charge >= 0.3 is 12.4 Å². The van der Waals surface area contributed by atoms with Crippen LogP contribution in [-0.4, -0.2) is 17.4 Å². The Morgan fingerprint density at radius 1 is 0.889 bits per heavy atom. The van der Waals surface area contributed by atoms with E-state index in [-0.39, 0.29) is 6.42 Å². The molecule has 1 unspecified atom stereocenters. The number of benzene rings is 3. The van der Waals surface area contributed by atoms with E-state index < -0.39 is 23.7 Å². The van der Waals surface area contributed by atoms with E-state index >= 15 is 0 Å². The topological polar surface area (TPSA) is 63.2 Å². The highest BCUT2D eigenvalue weighted by atomic mass is 35.5. The Bertz CT molecular complexity index is 1300. The summed E-state index contributed by atoms with van der Waals surface area (Å²) in [6, 6.07) is 26.2. The summed E-state index contributed by atoms with van der Waals surface area (Å²) in [5.74, 6) is -0.420. The molecule has 184 valence electrons. The van der Waals surface area contributed by atoms with Crippen LogP contribution in [-0.2, 0) is 12.0 Å². The van der Waals surface area contributed by atoms with Gasteiger partial charge in [-0.05, 0) is 47.5 Å². The highest BCUT2D eigenvalue weighted by Crippen LogP contribution is 2.36. The molecule has 4 rings (SSSR count). The molecular formula is C27H21ClF3N3O2. The molecule has 0 aliphatic carbocycles. The van der Waals surface area contributed by atoms with E-state index in [0.29, 0.717) is 22.0 Å². The molecule has 0 saturated carbocycles. The van der Waals surface area contributed by atoms with Crippen molar-refractivity contribution in [3.8, 4) is 5.75 Å². The van der Waals surface area contributed by atoms with E-state index in [4.69, 9.17) is 11.6 Å². The van der Waals surface area contributed by atoms with Crippen molar-refractivity contribution in [2.45, 2.75) is 18.3 Å². The van der Waals surface area contributed by atoms with E-state index in [0.717, 1.165) is 5.56 Å². The lowest BCUT2D eigenvalue weighted by Gasteiger charge is -2.35. The highest BCUT2D eigenvalue weighted by Gasteiger charge is 2.39. The second-order valence-electron chi connectivity index (χ2n) is 7.95. The molecule has 2 N–H and O–H groups in total. The van der Waals surface area contributed by atoms with Gasteiger partial charge in [-0.15, -0.1) is 13.2 Å². The second kappa shape index (κ2) is 10.7. The zero-order valence-electron chi connectivity index (χ0n) is 18.8. The van der Waals surface area contributed by atoms with Gasteiger partial charge in [-0.1, -0.05) is 72.3 Å². The smallest absolute Gasteiger partial charge is 0.406 e. The van der Waals surface area contributed by atoms with Gasteiger partial charge in [-0.25, -0.2) is 4.79 Å². The number of hydrogen-bond acceptors (Lipinski definition) is 3. The standard InChI is InChI=1S/C27H21ClF3N3O2/c28-21-14-15-24(32-18-21)26(17-19-8-3-1-4-9-19,34-25(35)33-22-11-5-2-6-12-22)20-10-7-13-23(16-20)36-27(29,30)31/h1-16,18H,17H2,(H2,33,34,35). The quantitative estimate of drug-likeness (QED) is 0.282. The summed E-state index contributed by atoms with van der Waals surface area (Å²) in [6.07, 6.45) is -3.28. The Kier molecular flexibility index (Phi) is 7.45. The molecule has 1 aromatic heterocycles. The normalized spacial score (nSPS) is 12.9. The number of aromatic nitrogens is 1. The molecule has 0 bridgehead atoms. The molecule has 5 nitrogen and oxygen atoms in total. The maximum atomic E-state index is 13.3. The van der Waals surface area contributed by atoms with Crippen molar-refractivity contribution in [2.75, 3.05) is 5.32 Å². The van der Waals surface area contributed by atoms with Crippen molar-refractivity contribution >= 4 is 23.3 Å². The summed E-state index contributed by atoms with van der Waals surface area (Å²) in [5.41, 5.74) is 0.697. The maximum absolute atomic E-state index is 13.3. The lowest BCUT2D eigenvalue weighted by atomic mass is 9.80. The number of nitrogens with zero attached hydrogens (tertiary/aromatic N) is 1. The van der Waals surface area contributed by atoms with Crippen LogP contribution in [0.2, 0.25) is 5.02 Å². The Hall–Kier alpha value is -4.04. The molecule has 4 aromatic rings. The zero-order valence-corrected chi connectivity index (χ0v) is 19.6. The van der Waals surface area contributed by atoms with Gasteiger partial charge in [0, 0.05) is 18.3 Å². The number of alkyl halides is 3. The van der Waals surface area contributed by atoms with Crippen LogP contribution in [0.4, 0.5) is 23.7 Å². The van der Waals surface area contributed by atoms with Gasteiger partial charge in [0.15, 0.2) is 0 Å². The Morgan fingerprint density at radius 3 is 2.22 bits per heavy atom. The second-order valence-corrected chi connectivity index (χ2v) is 8.39. The van der Waals surface area contributed by atoms with E-state index in [1.807, 2.05) is 36.4 Å². The number of para-hydroxylation sites is 1. The van der Waals surface area contributed by atoms with Crippen LogP contribution >= 0.6 is 11.6 Å². The van der Waals surface area contributed by atoms with Gasteiger partial charge < -0.3 is 15.4 Å². The van der Waals surface area contributed by atoms with Gasteiger partial charge in [0.1, 0.15) is 11.3 Å². The minimum atomic E-state index is -4.88. The Morgan fingerprint density at radius 2 is 1.58 bits per heavy atom. The molecule has 0 fully saturated rings. The Labute approximate surface area is 210 Å². The number of rotatable bonds is 7. The van der Waals surface area contributed by atoms with Crippen LogP contribution < -0.4 is 15.4 Å². The van der Waals surface area contributed by atoms with Crippen LogP contribution in [0.25, 0.3) is 0 Å². The predicted molar refractivity (Wildman–Crippen MR) is 132 cm³/mol. The van der Waals surface area contributed by atoms with E-state index in [9.17, 15) is 18.0 Å². The molecule has 36 heavy (non-hydrogen) atoms. The summed E-state index contributed by atoms with van der Waals surface area (Å²) in [7, 11) is 0. The number of amides is 2. The summed E-state index contributed by atoms with van der Waals surface area (Å²) in [5, 5.41) is 6.12. The van der Waals surface area contributed by atoms with Gasteiger partial charge in [0.05, 0.1) is 10.7 Å². The fourth-order valence-electron chi connectivity index (χ4n) is 3.89. The SMILES string of the molecule is O=C(Nc1ccccc1)NC(Cc1ccccc1)(c1cccc(OC(F)(F)F)c1)c1ccc(Cl)cn1. The number of pyridine rings is 1. The third kappa shape index (κ3) is 6.34. The summed E-state index contributed by atoms with van der Waals surface area (Å²) >= 11 is 6.07. The first kappa shape index (κ1) is 25.1. The van der Waals surface area contributed by atoms with Gasteiger partial charge in [0.2, 0.25) is 0 Å². The third-order valence-corrected chi connectivity index (χ3v) is 5.62. The van der Waals surface area contributed by atoms with Gasteiger partial charge in [-0.2, -0.15) is 0 Å². The molecule has 0 radical (unpaired) electrons. The number of carbonyl (C=O) groups is 1. The van der Waals surface area contributed by atoms with Crippen molar-refractivity contribution in [1.29, 1.82) is 0 Å². The molecule has 3 aromatic carbocycles. The van der Waals surface area contributed by atoms with E-state index in [1.54, 1.807) is 42.5 Å². The van der Waals surface area contributed by atoms with Gasteiger partial charge in [0.25, 0.3) is 0 Å². The number of ether oxygens (including phenoxy) is 1. The van der Waals surface area contributed by atoms with E-state index in [1.165, 1.54) is 24.4 Å². The van der Waals surface area contributed by atoms with E-state index in [2.05, 4.69) is 20.4 Å². The minimum absolute atomic E-state index is 0.181. The first-order chi connectivity index (χ1) is 17.2. The zero-order chi connectivity index (χ0) is 25.6. The number of hydrogen-bond donors (Lipinski definition) is 2. The summed E-state index contributed by atoms with van der Waals surface area (Å²) in [4.78, 5) is 17.7. The van der Waals surface area contributed by atoms with Crippen LogP contribution in [0.1, 0.15) is 16.8 Å². The lowest BCUT2D eigenvalue weighted by Crippen LogP contribution is -2.50. The fraction of sp³-hybridized carbons (Fsp3) is 0.111. The van der Waals surface area contributed by atoms with Crippen LogP contribution in [0, 0.1) is 0 Å². The maximum Gasteiger partial charge on any atom is 0.573 e. The van der Waals surface area contributed by atoms with Crippen molar-refractivity contribution in [2.24, 2.45) is 0 Å². The van der Waals surface area contributed by atoms with Crippen molar-refractivity contribution in [1.82, 2.24) is 10.3 Å². The summed E-state index contributed by atoms with van der Waals surface area (Å²) in [6.45, 7) is 0. The molecule has 1 heterocycles. The molecule has 2 amide bonds. The molecule has 1 atom stereocenters. The third-order valence-electron chi connectivity index (χ3n) is 5.40. The van der Waals surface area contributed by atoms with Crippen LogP contribution in [0.5, 0.6) is 5.75 Å². The fourth-order valence-corrected chi connectivity index (χ4v) is 4.00. The van der Waals surface area contributed by atoms with Crippen molar-refractivity contribution in [3.63, 3.8) is 0 Å². The van der Waals surface area contributed by atoms with Gasteiger partial charge in [-0.3, -0.25) is 4.98 Å².